The molecule has 0 saturated carbocycles. The summed E-state index contributed by atoms with van der Waals surface area (Å²) in [4.78, 5) is 9.17. The van der Waals surface area contributed by atoms with Crippen molar-refractivity contribution in [3.63, 3.8) is 0 Å². The van der Waals surface area contributed by atoms with E-state index in [1.54, 1.807) is 23.1 Å². The van der Waals surface area contributed by atoms with Gasteiger partial charge in [0.05, 0.1) is 20.1 Å². The van der Waals surface area contributed by atoms with Crippen molar-refractivity contribution >= 4 is 50.1 Å². The van der Waals surface area contributed by atoms with Crippen molar-refractivity contribution in [2.24, 2.45) is 5.73 Å². The summed E-state index contributed by atoms with van der Waals surface area (Å²) in [5.41, 5.74) is 7.94. The van der Waals surface area contributed by atoms with E-state index in [2.05, 4.69) is 38.0 Å². The van der Waals surface area contributed by atoms with E-state index in [-0.39, 0.29) is 5.25 Å². The van der Waals surface area contributed by atoms with E-state index < -0.39 is 0 Å². The number of nitrogens with zero attached hydrogens (tertiary/aromatic N) is 1. The molecule has 98 valence electrons. The topological polar surface area (TPSA) is 54.7 Å². The summed E-state index contributed by atoms with van der Waals surface area (Å²) in [7, 11) is 0. The van der Waals surface area contributed by atoms with Gasteiger partial charge in [-0.1, -0.05) is 23.9 Å². The highest BCUT2D eigenvalue weighted by atomic mass is 79.9. The first-order valence-corrected chi connectivity index (χ1v) is 8.32. The Morgan fingerprint density at radius 2 is 2.16 bits per heavy atom. The molecule has 2 aromatic heterocycles. The van der Waals surface area contributed by atoms with Crippen molar-refractivity contribution in [2.75, 3.05) is 6.54 Å². The summed E-state index contributed by atoms with van der Waals surface area (Å²) in [5.74, 6) is 0. The minimum absolute atomic E-state index is 0.233. The molecule has 3 nitrogen and oxygen atoms in total. The van der Waals surface area contributed by atoms with E-state index in [1.165, 1.54) is 4.88 Å². The maximum absolute atomic E-state index is 5.88. The van der Waals surface area contributed by atoms with Crippen LogP contribution in [0.2, 0.25) is 0 Å². The average Bonchev–Trinajstić information content (AvgIpc) is 3.01. The van der Waals surface area contributed by atoms with Crippen LogP contribution in [0.3, 0.4) is 0 Å². The van der Waals surface area contributed by atoms with Crippen LogP contribution in [0.5, 0.6) is 0 Å². The van der Waals surface area contributed by atoms with Gasteiger partial charge in [-0.15, -0.1) is 11.3 Å². The number of fused-ring (bicyclic) bond motifs is 1. The van der Waals surface area contributed by atoms with Crippen LogP contribution in [0.4, 0.5) is 0 Å². The van der Waals surface area contributed by atoms with Crippen LogP contribution < -0.4 is 5.73 Å². The number of H-pyrrole nitrogens is 1. The fraction of sp³-hybridized carbons (Fsp3) is 0.154. The molecule has 0 radical (unpaired) electrons. The summed E-state index contributed by atoms with van der Waals surface area (Å²) < 4.78 is 1.13. The first-order valence-electron chi connectivity index (χ1n) is 5.83. The lowest BCUT2D eigenvalue weighted by Crippen LogP contribution is -2.08. The van der Waals surface area contributed by atoms with Crippen LogP contribution in [-0.2, 0) is 0 Å². The van der Waals surface area contributed by atoms with Gasteiger partial charge >= 0.3 is 0 Å². The molecule has 0 aliphatic rings. The number of nitrogens with two attached hydrogens (primary N) is 1. The molecule has 0 saturated heterocycles. The molecule has 0 aliphatic heterocycles. The van der Waals surface area contributed by atoms with Gasteiger partial charge in [0.2, 0.25) is 0 Å². The highest BCUT2D eigenvalue weighted by molar-refractivity contribution is 9.11. The smallest absolute Gasteiger partial charge is 0.167 e. The van der Waals surface area contributed by atoms with Gasteiger partial charge in [0.1, 0.15) is 0 Å². The van der Waals surface area contributed by atoms with E-state index in [4.69, 9.17) is 5.73 Å². The zero-order valence-corrected chi connectivity index (χ0v) is 13.2. The van der Waals surface area contributed by atoms with E-state index in [0.717, 1.165) is 20.0 Å². The Hall–Kier alpha value is -0.820. The minimum atomic E-state index is 0.233. The minimum Gasteiger partial charge on any atom is -0.333 e. The lowest BCUT2D eigenvalue weighted by molar-refractivity contribution is 0.946. The van der Waals surface area contributed by atoms with Crippen LogP contribution >= 0.6 is 39.0 Å². The second-order valence-corrected chi connectivity index (χ2v) is 7.73. The highest BCUT2D eigenvalue weighted by Crippen LogP contribution is 2.38. The molecule has 3 N–H and O–H groups in total. The molecule has 1 atom stereocenters. The quantitative estimate of drug-likeness (QED) is 0.691. The fourth-order valence-electron chi connectivity index (χ4n) is 1.84. The first-order chi connectivity index (χ1) is 9.26. The molecule has 0 aliphatic carbocycles. The molecule has 0 spiro atoms. The van der Waals surface area contributed by atoms with E-state index in [9.17, 15) is 0 Å². The molecule has 1 aromatic carbocycles. The third-order valence-corrected chi connectivity index (χ3v) is 5.78. The Morgan fingerprint density at radius 1 is 1.32 bits per heavy atom. The average molecular weight is 354 g/mol. The predicted octanol–water partition coefficient (Wildman–Crippen LogP) is 4.18. The summed E-state index contributed by atoms with van der Waals surface area (Å²) in [6, 6.07) is 12.2. The van der Waals surface area contributed by atoms with E-state index in [1.807, 2.05) is 24.3 Å². The molecule has 3 aromatic rings. The summed E-state index contributed by atoms with van der Waals surface area (Å²) in [5, 5.41) is 1.15. The van der Waals surface area contributed by atoms with Gasteiger partial charge in [0.15, 0.2) is 5.16 Å². The monoisotopic (exact) mass is 353 g/mol. The number of nitrogens with one attached hydrogen (secondary N) is 1. The number of thioether (sulfide) groups is 1. The third-order valence-electron chi connectivity index (χ3n) is 2.75. The molecular weight excluding hydrogens is 342 g/mol. The molecule has 2 heterocycles. The molecule has 6 heteroatoms. The van der Waals surface area contributed by atoms with E-state index >= 15 is 0 Å². The van der Waals surface area contributed by atoms with Crippen molar-refractivity contribution in [3.05, 3.63) is 45.1 Å². The SMILES string of the molecule is NCC(Sc1nc2ccccc2[nH]1)c1ccc(Br)s1. The van der Waals surface area contributed by atoms with Crippen LogP contribution in [0.1, 0.15) is 10.1 Å². The van der Waals surface area contributed by atoms with Crippen molar-refractivity contribution in [1.82, 2.24) is 9.97 Å². The van der Waals surface area contributed by atoms with Crippen LogP contribution in [0.15, 0.2) is 45.3 Å². The second-order valence-electron chi connectivity index (χ2n) is 4.04. The van der Waals surface area contributed by atoms with Crippen LogP contribution in [0.25, 0.3) is 11.0 Å². The van der Waals surface area contributed by atoms with Gasteiger partial charge in [-0.3, -0.25) is 0 Å². The maximum Gasteiger partial charge on any atom is 0.167 e. The first kappa shape index (κ1) is 13.2. The Balaban J connectivity index is 1.86. The number of benzene rings is 1. The van der Waals surface area contributed by atoms with Crippen LogP contribution in [-0.4, -0.2) is 16.5 Å². The predicted molar refractivity (Wildman–Crippen MR) is 85.8 cm³/mol. The standard InChI is InChI=1S/C13H12BrN3S2/c14-12-6-5-10(18-12)11(7-15)19-13-16-8-3-1-2-4-9(8)17-13/h1-6,11H,7,15H2,(H,16,17). The lowest BCUT2D eigenvalue weighted by atomic mass is 10.3. The summed E-state index contributed by atoms with van der Waals surface area (Å²) in [6.45, 7) is 0.592. The number of halogens is 1. The Kier molecular flexibility index (Phi) is 3.93. The van der Waals surface area contributed by atoms with E-state index in [0.29, 0.717) is 6.54 Å². The molecule has 1 unspecified atom stereocenters. The molecular formula is C13H12BrN3S2. The number of rotatable bonds is 4. The normalized spacial score (nSPS) is 12.9. The number of imidazole rings is 1. The van der Waals surface area contributed by atoms with Gasteiger partial charge in [0.25, 0.3) is 0 Å². The fourth-order valence-corrected chi connectivity index (χ4v) is 4.43. The van der Waals surface area contributed by atoms with Crippen molar-refractivity contribution in [2.45, 2.75) is 10.4 Å². The second kappa shape index (κ2) is 5.66. The van der Waals surface area contributed by atoms with Crippen molar-refractivity contribution in [3.8, 4) is 0 Å². The largest absolute Gasteiger partial charge is 0.333 e. The zero-order valence-electron chi connectivity index (χ0n) is 9.97. The van der Waals surface area contributed by atoms with Crippen LogP contribution in [0, 0.1) is 0 Å². The molecule has 0 fully saturated rings. The zero-order chi connectivity index (χ0) is 13.2. The van der Waals surface area contributed by atoms with Gasteiger partial charge in [-0.05, 0) is 40.2 Å². The number of aromatic amines is 1. The molecule has 3 rings (SSSR count). The lowest BCUT2D eigenvalue weighted by Gasteiger charge is -2.09. The summed E-state index contributed by atoms with van der Waals surface area (Å²) >= 11 is 6.89. The van der Waals surface area contributed by atoms with Gasteiger partial charge in [-0.2, -0.15) is 0 Å². The van der Waals surface area contributed by atoms with Crippen molar-refractivity contribution < 1.29 is 0 Å². The van der Waals surface area contributed by atoms with Gasteiger partial charge < -0.3 is 10.7 Å². The van der Waals surface area contributed by atoms with Crippen molar-refractivity contribution in [1.29, 1.82) is 0 Å². The Morgan fingerprint density at radius 3 is 2.84 bits per heavy atom. The highest BCUT2D eigenvalue weighted by Gasteiger charge is 2.15. The third kappa shape index (κ3) is 2.86. The number of hydrogen-bond acceptors (Lipinski definition) is 4. The number of para-hydroxylation sites is 2. The number of thiophene rings is 1. The van der Waals surface area contributed by atoms with Gasteiger partial charge in [-0.25, -0.2) is 4.98 Å². The molecule has 0 amide bonds. The maximum atomic E-state index is 5.88. The molecule has 19 heavy (non-hydrogen) atoms. The number of aromatic nitrogens is 2. The summed E-state index contributed by atoms with van der Waals surface area (Å²) in [6.07, 6.45) is 0. The van der Waals surface area contributed by atoms with Gasteiger partial charge in [0, 0.05) is 11.4 Å². The molecule has 0 bridgehead atoms. The Bertz CT molecular complexity index is 659. The Labute approximate surface area is 127 Å². The number of hydrogen-bond donors (Lipinski definition) is 2.